The van der Waals surface area contributed by atoms with Gasteiger partial charge in [0.15, 0.2) is 5.96 Å². The number of carbonyl (C=O) groups excluding carboxylic acids is 1. The Labute approximate surface area is 127 Å². The maximum Gasteiger partial charge on any atom is 0.410 e. The van der Waals surface area contributed by atoms with Gasteiger partial charge in [0, 0.05) is 39.8 Å². The summed E-state index contributed by atoms with van der Waals surface area (Å²) >= 11 is 0. The van der Waals surface area contributed by atoms with Crippen molar-refractivity contribution in [2.45, 2.75) is 32.8 Å². The van der Waals surface area contributed by atoms with E-state index in [9.17, 15) is 4.79 Å². The summed E-state index contributed by atoms with van der Waals surface area (Å²) < 4.78 is 10.4. The van der Waals surface area contributed by atoms with Gasteiger partial charge in [-0.1, -0.05) is 0 Å². The molecule has 0 aromatic rings. The molecule has 7 heteroatoms. The quantitative estimate of drug-likeness (QED) is 0.759. The molecule has 1 heterocycles. The van der Waals surface area contributed by atoms with Crippen molar-refractivity contribution >= 4 is 12.1 Å². The Bertz CT molecular complexity index is 353. The normalized spacial score (nSPS) is 15.0. The fourth-order valence-corrected chi connectivity index (χ4v) is 1.78. The van der Waals surface area contributed by atoms with Gasteiger partial charge in [-0.2, -0.15) is 0 Å². The topological polar surface area (TPSA) is 75.2 Å². The highest BCUT2D eigenvalue weighted by molar-refractivity contribution is 5.80. The van der Waals surface area contributed by atoms with Crippen LogP contribution in [-0.4, -0.2) is 69.0 Å². The summed E-state index contributed by atoms with van der Waals surface area (Å²) in [5.74, 6) is 0.803. The molecule has 0 aromatic carbocycles. The number of carbonyl (C=O) groups is 1. The third-order valence-corrected chi connectivity index (χ3v) is 2.79. The van der Waals surface area contributed by atoms with Gasteiger partial charge in [0.1, 0.15) is 5.60 Å². The van der Waals surface area contributed by atoms with Crippen molar-refractivity contribution in [1.29, 1.82) is 0 Å². The Morgan fingerprint density at radius 1 is 1.43 bits per heavy atom. The molecule has 1 rings (SSSR count). The minimum Gasteiger partial charge on any atom is -0.444 e. The van der Waals surface area contributed by atoms with Crippen LogP contribution in [0, 0.1) is 0 Å². The van der Waals surface area contributed by atoms with Crippen LogP contribution in [0.5, 0.6) is 0 Å². The average Bonchev–Trinajstić information content (AvgIpc) is 2.41. The predicted molar refractivity (Wildman–Crippen MR) is 82.6 cm³/mol. The molecule has 1 aliphatic rings. The van der Waals surface area contributed by atoms with Crippen molar-refractivity contribution in [2.75, 3.05) is 46.4 Å². The number of nitrogens with one attached hydrogen (secondary N) is 2. The minimum atomic E-state index is -0.495. The lowest BCUT2D eigenvalue weighted by atomic mass is 10.2. The summed E-state index contributed by atoms with van der Waals surface area (Å²) in [5.41, 5.74) is -0.495. The molecule has 0 radical (unpaired) electrons. The van der Waals surface area contributed by atoms with E-state index < -0.39 is 5.60 Å². The molecule has 0 aliphatic carbocycles. The standard InChI is InChI=1S/C14H28N4O3/c1-14(2,3)21-13(19)18(10-11-20-4)9-8-17-12-15-6-5-7-16-12/h5-11H2,1-4H3,(H2,15,16,17). The van der Waals surface area contributed by atoms with Gasteiger partial charge in [-0.05, 0) is 27.2 Å². The van der Waals surface area contributed by atoms with Crippen molar-refractivity contribution in [3.8, 4) is 0 Å². The highest BCUT2D eigenvalue weighted by Gasteiger charge is 2.21. The molecule has 0 bridgehead atoms. The zero-order chi connectivity index (χ0) is 15.7. The van der Waals surface area contributed by atoms with Gasteiger partial charge < -0.3 is 25.0 Å². The maximum atomic E-state index is 12.1. The van der Waals surface area contributed by atoms with E-state index in [1.54, 1.807) is 12.0 Å². The third-order valence-electron chi connectivity index (χ3n) is 2.79. The second-order valence-corrected chi connectivity index (χ2v) is 5.90. The molecule has 0 atom stereocenters. The average molecular weight is 300 g/mol. The molecule has 7 nitrogen and oxygen atoms in total. The van der Waals surface area contributed by atoms with Crippen LogP contribution in [0.3, 0.4) is 0 Å². The van der Waals surface area contributed by atoms with Crippen molar-refractivity contribution in [3.63, 3.8) is 0 Å². The number of rotatable bonds is 6. The molecule has 0 saturated heterocycles. The predicted octanol–water partition coefficient (Wildman–Crippen LogP) is 0.809. The van der Waals surface area contributed by atoms with E-state index in [4.69, 9.17) is 9.47 Å². The van der Waals surface area contributed by atoms with Crippen LogP contribution >= 0.6 is 0 Å². The largest absolute Gasteiger partial charge is 0.444 e. The van der Waals surface area contributed by atoms with E-state index in [1.807, 2.05) is 20.8 Å². The fraction of sp³-hybridized carbons (Fsp3) is 0.857. The Morgan fingerprint density at radius 3 is 2.76 bits per heavy atom. The van der Waals surface area contributed by atoms with Gasteiger partial charge in [0.2, 0.25) is 0 Å². The van der Waals surface area contributed by atoms with Crippen LogP contribution in [0.2, 0.25) is 0 Å². The van der Waals surface area contributed by atoms with Crippen LogP contribution in [-0.2, 0) is 9.47 Å². The van der Waals surface area contributed by atoms with E-state index in [2.05, 4.69) is 15.6 Å². The molecule has 0 aromatic heterocycles. The zero-order valence-electron chi connectivity index (χ0n) is 13.6. The molecule has 21 heavy (non-hydrogen) atoms. The molecule has 1 aliphatic heterocycles. The lowest BCUT2D eigenvalue weighted by molar-refractivity contribution is 0.0206. The van der Waals surface area contributed by atoms with Gasteiger partial charge in [0.25, 0.3) is 0 Å². The van der Waals surface area contributed by atoms with Crippen molar-refractivity contribution in [3.05, 3.63) is 0 Å². The number of hydrogen-bond donors (Lipinski definition) is 2. The maximum absolute atomic E-state index is 12.1. The highest BCUT2D eigenvalue weighted by atomic mass is 16.6. The summed E-state index contributed by atoms with van der Waals surface area (Å²) in [6.07, 6.45) is 0.739. The second kappa shape index (κ2) is 8.71. The molecule has 2 N–H and O–H groups in total. The van der Waals surface area contributed by atoms with Crippen molar-refractivity contribution in [1.82, 2.24) is 15.5 Å². The number of ether oxygens (including phenoxy) is 2. The van der Waals surface area contributed by atoms with Gasteiger partial charge >= 0.3 is 6.09 Å². The first-order valence-corrected chi connectivity index (χ1v) is 7.41. The third kappa shape index (κ3) is 7.75. The minimum absolute atomic E-state index is 0.320. The number of aliphatic imine (C=N–C) groups is 1. The smallest absolute Gasteiger partial charge is 0.410 e. The van der Waals surface area contributed by atoms with Crippen LogP contribution in [0.4, 0.5) is 4.79 Å². The highest BCUT2D eigenvalue weighted by Crippen LogP contribution is 2.09. The van der Waals surface area contributed by atoms with Gasteiger partial charge in [-0.3, -0.25) is 4.99 Å². The second-order valence-electron chi connectivity index (χ2n) is 5.90. The van der Waals surface area contributed by atoms with Crippen molar-refractivity contribution in [2.24, 2.45) is 4.99 Å². The molecular formula is C14H28N4O3. The molecule has 0 spiro atoms. The van der Waals surface area contributed by atoms with Gasteiger partial charge in [-0.15, -0.1) is 0 Å². The molecule has 0 saturated carbocycles. The van der Waals surface area contributed by atoms with Crippen LogP contribution < -0.4 is 10.6 Å². The number of nitrogens with zero attached hydrogens (tertiary/aromatic N) is 2. The van der Waals surface area contributed by atoms with E-state index in [0.29, 0.717) is 26.2 Å². The number of hydrogen-bond acceptors (Lipinski definition) is 6. The molecule has 0 unspecified atom stereocenters. The SMILES string of the molecule is COCCN(CCNC1=NCCCN1)C(=O)OC(C)(C)C. The van der Waals surface area contributed by atoms with Crippen LogP contribution in [0.15, 0.2) is 4.99 Å². The summed E-state index contributed by atoms with van der Waals surface area (Å²) in [6, 6.07) is 0. The molecule has 1 amide bonds. The van der Waals surface area contributed by atoms with E-state index in [0.717, 1.165) is 25.5 Å². The Kier molecular flexibility index (Phi) is 7.28. The number of methoxy groups -OCH3 is 1. The number of amides is 1. The van der Waals surface area contributed by atoms with E-state index in [-0.39, 0.29) is 6.09 Å². The summed E-state index contributed by atoms with van der Waals surface area (Å²) in [4.78, 5) is 18.1. The molecular weight excluding hydrogens is 272 g/mol. The summed E-state index contributed by atoms with van der Waals surface area (Å²) in [7, 11) is 1.62. The molecule has 0 fully saturated rings. The Morgan fingerprint density at radius 2 is 2.19 bits per heavy atom. The van der Waals surface area contributed by atoms with Crippen LogP contribution in [0.25, 0.3) is 0 Å². The van der Waals surface area contributed by atoms with E-state index >= 15 is 0 Å². The van der Waals surface area contributed by atoms with Crippen molar-refractivity contribution < 1.29 is 14.3 Å². The first-order chi connectivity index (χ1) is 9.92. The lowest BCUT2D eigenvalue weighted by Gasteiger charge is -2.27. The van der Waals surface area contributed by atoms with Crippen LogP contribution in [0.1, 0.15) is 27.2 Å². The lowest BCUT2D eigenvalue weighted by Crippen LogP contribution is -2.46. The number of guanidine groups is 1. The monoisotopic (exact) mass is 300 g/mol. The van der Waals surface area contributed by atoms with Gasteiger partial charge in [0.05, 0.1) is 6.61 Å². The Balaban J connectivity index is 2.41. The first kappa shape index (κ1) is 17.6. The molecule has 122 valence electrons. The fourth-order valence-electron chi connectivity index (χ4n) is 1.78. The summed E-state index contributed by atoms with van der Waals surface area (Å²) in [5, 5.41) is 6.38. The van der Waals surface area contributed by atoms with E-state index in [1.165, 1.54) is 0 Å². The summed E-state index contributed by atoms with van der Waals surface area (Å²) in [6.45, 7) is 9.51. The Hall–Kier alpha value is -1.50. The van der Waals surface area contributed by atoms with Gasteiger partial charge in [-0.25, -0.2) is 4.79 Å². The first-order valence-electron chi connectivity index (χ1n) is 7.41. The zero-order valence-corrected chi connectivity index (χ0v) is 13.6.